The van der Waals surface area contributed by atoms with Gasteiger partial charge in [0.25, 0.3) is 11.8 Å². The molecule has 4 heterocycles. The molecule has 0 unspecified atom stereocenters. The third kappa shape index (κ3) is 5.08. The van der Waals surface area contributed by atoms with Gasteiger partial charge in [-0.3, -0.25) is 14.3 Å². The quantitative estimate of drug-likeness (QED) is 0.531. The molecule has 3 aliphatic rings. The fourth-order valence-corrected chi connectivity index (χ4v) is 4.71. The number of carbonyl (C=O) groups is 2. The lowest BCUT2D eigenvalue weighted by Crippen LogP contribution is -2.44. The summed E-state index contributed by atoms with van der Waals surface area (Å²) < 4.78 is 25.0. The highest BCUT2D eigenvalue weighted by Crippen LogP contribution is 2.31. The number of hydrogen-bond donors (Lipinski definition) is 1. The predicted molar refractivity (Wildman–Crippen MR) is 130 cm³/mol. The van der Waals surface area contributed by atoms with Gasteiger partial charge in [0.15, 0.2) is 11.5 Å². The van der Waals surface area contributed by atoms with E-state index in [4.69, 9.17) is 18.9 Å². The molecular formula is C26H27N5O6. The van der Waals surface area contributed by atoms with Gasteiger partial charge in [-0.1, -0.05) is 11.3 Å². The molecule has 4 bridgehead atoms. The maximum Gasteiger partial charge on any atom is 0.254 e. The topological polar surface area (TPSA) is 117 Å². The summed E-state index contributed by atoms with van der Waals surface area (Å²) in [5.74, 6) is 1.37. The number of aryl methyl sites for hydroxylation is 1. The van der Waals surface area contributed by atoms with E-state index in [9.17, 15) is 9.59 Å². The maximum atomic E-state index is 13.4. The van der Waals surface area contributed by atoms with Crippen molar-refractivity contribution in [2.75, 3.05) is 32.9 Å². The van der Waals surface area contributed by atoms with Crippen molar-refractivity contribution in [3.63, 3.8) is 0 Å². The Morgan fingerprint density at radius 3 is 2.81 bits per heavy atom. The number of benzene rings is 2. The van der Waals surface area contributed by atoms with E-state index in [1.165, 1.54) is 0 Å². The van der Waals surface area contributed by atoms with Crippen LogP contribution in [0.4, 0.5) is 0 Å². The second-order valence-electron chi connectivity index (χ2n) is 9.20. The van der Waals surface area contributed by atoms with E-state index in [0.29, 0.717) is 73.5 Å². The van der Waals surface area contributed by atoms with Crippen LogP contribution in [0.2, 0.25) is 0 Å². The molecule has 2 atom stereocenters. The van der Waals surface area contributed by atoms with Gasteiger partial charge in [0.05, 0.1) is 31.6 Å². The number of likely N-dealkylation sites (tertiary alicyclic amines) is 1. The van der Waals surface area contributed by atoms with Crippen LogP contribution in [-0.2, 0) is 17.9 Å². The Labute approximate surface area is 213 Å². The lowest BCUT2D eigenvalue weighted by molar-refractivity contribution is 0.0291. The van der Waals surface area contributed by atoms with Crippen molar-refractivity contribution < 1.29 is 28.5 Å². The van der Waals surface area contributed by atoms with Crippen LogP contribution in [0.25, 0.3) is 0 Å². The van der Waals surface area contributed by atoms with Crippen LogP contribution < -0.4 is 19.5 Å². The van der Waals surface area contributed by atoms with Gasteiger partial charge < -0.3 is 29.2 Å². The van der Waals surface area contributed by atoms with Crippen LogP contribution >= 0.6 is 0 Å². The van der Waals surface area contributed by atoms with Crippen LogP contribution in [-0.4, -0.2) is 76.8 Å². The Morgan fingerprint density at radius 2 is 1.89 bits per heavy atom. The minimum absolute atomic E-state index is 0.172. The maximum absolute atomic E-state index is 13.4. The monoisotopic (exact) mass is 505 g/mol. The lowest BCUT2D eigenvalue weighted by Gasteiger charge is -2.20. The number of hydrogen-bond acceptors (Lipinski definition) is 8. The fourth-order valence-electron chi connectivity index (χ4n) is 4.71. The summed E-state index contributed by atoms with van der Waals surface area (Å²) in [4.78, 5) is 28.2. The highest BCUT2D eigenvalue weighted by molar-refractivity contribution is 5.96. The molecule has 1 N–H and O–H groups in total. The Bertz CT molecular complexity index is 1310. The van der Waals surface area contributed by atoms with Crippen molar-refractivity contribution in [1.82, 2.24) is 25.2 Å². The highest BCUT2D eigenvalue weighted by atomic mass is 16.6. The van der Waals surface area contributed by atoms with Gasteiger partial charge in [0.1, 0.15) is 24.7 Å². The molecule has 2 amide bonds. The molecule has 1 fully saturated rings. The van der Waals surface area contributed by atoms with E-state index in [-0.39, 0.29) is 18.4 Å². The summed E-state index contributed by atoms with van der Waals surface area (Å²) in [6.07, 6.45) is 2.15. The first-order chi connectivity index (χ1) is 18.1. The molecule has 1 saturated heterocycles. The third-order valence-corrected chi connectivity index (χ3v) is 6.59. The van der Waals surface area contributed by atoms with Crippen molar-refractivity contribution >= 4 is 11.8 Å². The van der Waals surface area contributed by atoms with Gasteiger partial charge in [0.2, 0.25) is 0 Å². The van der Waals surface area contributed by atoms with Crippen LogP contribution in [0.1, 0.15) is 32.8 Å². The molecule has 192 valence electrons. The first-order valence-corrected chi connectivity index (χ1v) is 12.4. The van der Waals surface area contributed by atoms with Gasteiger partial charge >= 0.3 is 0 Å². The third-order valence-electron chi connectivity index (χ3n) is 6.59. The summed E-state index contributed by atoms with van der Waals surface area (Å²) in [6, 6.07) is 11.8. The molecule has 11 heteroatoms. The van der Waals surface area contributed by atoms with Crippen LogP contribution in [0, 0.1) is 0 Å². The number of nitrogens with zero attached hydrogens (tertiary/aromatic N) is 4. The number of fused-ring (bicyclic) bond motifs is 6. The highest BCUT2D eigenvalue weighted by Gasteiger charge is 2.38. The molecule has 0 radical (unpaired) electrons. The molecule has 2 aromatic carbocycles. The van der Waals surface area contributed by atoms with Crippen molar-refractivity contribution in [2.45, 2.75) is 31.7 Å². The molecule has 0 saturated carbocycles. The summed E-state index contributed by atoms with van der Waals surface area (Å²) in [7, 11) is 0. The lowest BCUT2D eigenvalue weighted by atomic mass is 10.1. The molecule has 1 aromatic heterocycles. The Balaban J connectivity index is 1.24. The molecule has 0 spiro atoms. The van der Waals surface area contributed by atoms with Crippen molar-refractivity contribution in [1.29, 1.82) is 0 Å². The average Bonchev–Trinajstić information content (AvgIpc) is 3.55. The van der Waals surface area contributed by atoms with Gasteiger partial charge in [-0.2, -0.15) is 0 Å². The van der Waals surface area contributed by atoms with Gasteiger partial charge in [0, 0.05) is 37.2 Å². The minimum Gasteiger partial charge on any atom is -0.494 e. The second-order valence-corrected chi connectivity index (χ2v) is 9.20. The molecular weight excluding hydrogens is 478 g/mol. The van der Waals surface area contributed by atoms with E-state index in [1.807, 2.05) is 12.3 Å². The van der Waals surface area contributed by atoms with Gasteiger partial charge in [-0.15, -0.1) is 5.10 Å². The molecule has 3 aliphatic heterocycles. The number of amides is 2. The summed E-state index contributed by atoms with van der Waals surface area (Å²) in [6.45, 7) is 2.89. The summed E-state index contributed by atoms with van der Waals surface area (Å²) in [5, 5.41) is 11.4. The van der Waals surface area contributed by atoms with Crippen LogP contribution in [0.5, 0.6) is 17.2 Å². The Morgan fingerprint density at radius 1 is 1.00 bits per heavy atom. The number of nitrogens with one attached hydrogen (secondary N) is 1. The van der Waals surface area contributed by atoms with Crippen LogP contribution in [0.15, 0.2) is 48.7 Å². The first kappa shape index (κ1) is 23.3. The number of aromatic nitrogens is 3. The van der Waals surface area contributed by atoms with Crippen molar-refractivity contribution in [2.24, 2.45) is 0 Å². The summed E-state index contributed by atoms with van der Waals surface area (Å²) in [5.41, 5.74) is 1.65. The normalized spacial score (nSPS) is 21.5. The predicted octanol–water partition coefficient (Wildman–Crippen LogP) is 1.67. The molecule has 0 aliphatic carbocycles. The van der Waals surface area contributed by atoms with Crippen LogP contribution in [0.3, 0.4) is 0 Å². The number of ether oxygens (including phenoxy) is 4. The largest absolute Gasteiger partial charge is 0.494 e. The first-order valence-electron chi connectivity index (χ1n) is 12.4. The standard InChI is InChI=1S/C26H27N5O6/c32-25-17-3-1-4-20(11-17)34-8-2-7-31-13-19(28-29-31)16-37-24-15-30(14-21(24)27-25)26(33)18-5-6-22-23(12-18)36-10-9-35-22/h1,3-6,11-13,21,24H,2,7-10,14-16H2,(H,27,32)/t21-,24-/m0/s1. The van der Waals surface area contributed by atoms with Gasteiger partial charge in [-0.05, 0) is 36.4 Å². The minimum atomic E-state index is -0.428. The van der Waals surface area contributed by atoms with Crippen molar-refractivity contribution in [3.8, 4) is 17.2 Å². The fraction of sp³-hybridized carbons (Fsp3) is 0.385. The van der Waals surface area contributed by atoms with E-state index < -0.39 is 12.1 Å². The zero-order valence-corrected chi connectivity index (χ0v) is 20.2. The van der Waals surface area contributed by atoms with E-state index in [0.717, 1.165) is 6.42 Å². The van der Waals surface area contributed by atoms with E-state index >= 15 is 0 Å². The molecule has 6 rings (SSSR count). The van der Waals surface area contributed by atoms with Crippen molar-refractivity contribution in [3.05, 3.63) is 65.5 Å². The van der Waals surface area contributed by atoms with Gasteiger partial charge in [-0.25, -0.2) is 0 Å². The molecule has 11 nitrogen and oxygen atoms in total. The molecule has 3 aromatic rings. The zero-order chi connectivity index (χ0) is 25.2. The number of rotatable bonds is 1. The van der Waals surface area contributed by atoms with E-state index in [1.54, 1.807) is 46.0 Å². The Hall–Kier alpha value is -4.12. The van der Waals surface area contributed by atoms with E-state index in [2.05, 4.69) is 15.6 Å². The SMILES string of the molecule is O=C1N[C@H]2CN(C(=O)c3ccc4c(c3)OCCO4)C[C@@H]2OCc2cn(nn2)CCCOc2cccc1c2. The zero-order valence-electron chi connectivity index (χ0n) is 20.2. The molecule has 37 heavy (non-hydrogen) atoms. The number of carbonyl (C=O) groups excluding carboxylic acids is 2. The summed E-state index contributed by atoms with van der Waals surface area (Å²) >= 11 is 0. The Kier molecular flexibility index (Phi) is 6.35. The smallest absolute Gasteiger partial charge is 0.254 e. The second kappa shape index (κ2) is 10.1. The average molecular weight is 506 g/mol.